The Kier molecular flexibility index (Phi) is 4.57. The first kappa shape index (κ1) is 27.5. The molecule has 4 aliphatic rings. The van der Waals surface area contributed by atoms with Gasteiger partial charge in [-0.1, -0.05) is 91.0 Å². The molecule has 7 heterocycles. The standard InChI is InChI=1S/C48H24B2N2O3/c1-3-15-33-25(9-1)26-11-5-13-29-47(26)51(33)35-16-7-19-39-45(35)49(29)31-23-32-42(24-41(31)54-39)55-40-20-8-17-36-46(40)50(32)30-14-6-12-28-43-34(52(36)48(28)30)21-22-38-44(43)27-10-2-4-18-37(27)53-38/h1-24H. The van der Waals surface area contributed by atoms with Gasteiger partial charge in [-0.2, -0.15) is 0 Å². The van der Waals surface area contributed by atoms with E-state index in [2.05, 4.69) is 149 Å². The van der Waals surface area contributed by atoms with Gasteiger partial charge in [0.25, 0.3) is 13.4 Å². The number of hydrogen-bond donors (Lipinski definition) is 0. The van der Waals surface area contributed by atoms with E-state index in [0.717, 1.165) is 45.2 Å². The van der Waals surface area contributed by atoms with Crippen LogP contribution >= 0.6 is 0 Å². The molecule has 0 bridgehead atoms. The van der Waals surface area contributed by atoms with Gasteiger partial charge in [-0.05, 0) is 81.3 Å². The zero-order valence-electron chi connectivity index (χ0n) is 29.1. The normalized spacial score (nSPS) is 14.0. The molecular weight excluding hydrogens is 674 g/mol. The van der Waals surface area contributed by atoms with Gasteiger partial charge in [0.05, 0.1) is 11.0 Å². The van der Waals surface area contributed by atoms with E-state index in [1.807, 2.05) is 6.07 Å². The van der Waals surface area contributed by atoms with Crippen molar-refractivity contribution < 1.29 is 13.9 Å². The third kappa shape index (κ3) is 3.05. The fourth-order valence-corrected chi connectivity index (χ4v) is 11.0. The number of benzene rings is 8. The molecule has 0 fully saturated rings. The molecule has 0 aliphatic carbocycles. The molecular formula is C48H24B2N2O3. The Balaban J connectivity index is 1.04. The average molecular weight is 698 g/mol. The fourth-order valence-electron chi connectivity index (χ4n) is 11.0. The van der Waals surface area contributed by atoms with Gasteiger partial charge in [0.2, 0.25) is 0 Å². The number of furan rings is 1. The molecule has 15 rings (SSSR count). The largest absolute Gasteiger partial charge is 0.458 e. The Morgan fingerprint density at radius 1 is 0.382 bits per heavy atom. The summed E-state index contributed by atoms with van der Waals surface area (Å²) in [4.78, 5) is 0. The van der Waals surface area contributed by atoms with Crippen molar-refractivity contribution in [1.82, 2.24) is 9.13 Å². The summed E-state index contributed by atoms with van der Waals surface area (Å²) in [6, 6.07) is 52.8. The Labute approximate surface area is 313 Å². The van der Waals surface area contributed by atoms with Gasteiger partial charge in [0, 0.05) is 60.8 Å². The van der Waals surface area contributed by atoms with Crippen molar-refractivity contribution in [3.63, 3.8) is 0 Å². The van der Waals surface area contributed by atoms with Crippen LogP contribution in [0.15, 0.2) is 150 Å². The Bertz CT molecular complexity index is 3650. The first-order valence-corrected chi connectivity index (χ1v) is 19.0. The highest BCUT2D eigenvalue weighted by molar-refractivity contribution is 7.02. The lowest BCUT2D eigenvalue weighted by Crippen LogP contribution is -2.62. The van der Waals surface area contributed by atoms with Gasteiger partial charge in [0.15, 0.2) is 0 Å². The van der Waals surface area contributed by atoms with Gasteiger partial charge in [-0.15, -0.1) is 0 Å². The second kappa shape index (κ2) is 9.15. The summed E-state index contributed by atoms with van der Waals surface area (Å²) in [6.45, 7) is -0.0225. The summed E-state index contributed by atoms with van der Waals surface area (Å²) >= 11 is 0. The molecule has 0 spiro atoms. The zero-order chi connectivity index (χ0) is 35.3. The Hall–Kier alpha value is -7.11. The molecule has 0 saturated carbocycles. The molecule has 5 nitrogen and oxygen atoms in total. The quantitative estimate of drug-likeness (QED) is 0.153. The number of rotatable bonds is 0. The topological polar surface area (TPSA) is 41.5 Å². The van der Waals surface area contributed by atoms with E-state index in [4.69, 9.17) is 13.9 Å². The number of hydrogen-bond acceptors (Lipinski definition) is 3. The summed E-state index contributed by atoms with van der Waals surface area (Å²) in [5.74, 6) is 3.49. The number of para-hydroxylation sites is 4. The van der Waals surface area contributed by atoms with Crippen LogP contribution in [0.4, 0.5) is 0 Å². The van der Waals surface area contributed by atoms with Crippen LogP contribution < -0.4 is 42.3 Å². The van der Waals surface area contributed by atoms with E-state index in [1.54, 1.807) is 0 Å². The molecule has 250 valence electrons. The van der Waals surface area contributed by atoms with Crippen molar-refractivity contribution in [2.75, 3.05) is 0 Å². The van der Waals surface area contributed by atoms with E-state index in [9.17, 15) is 0 Å². The molecule has 7 heteroatoms. The van der Waals surface area contributed by atoms with Gasteiger partial charge in [0.1, 0.15) is 34.2 Å². The molecule has 0 amide bonds. The van der Waals surface area contributed by atoms with Gasteiger partial charge in [-0.3, -0.25) is 0 Å². The number of nitrogens with zero attached hydrogens (tertiary/aromatic N) is 2. The van der Waals surface area contributed by atoms with Crippen LogP contribution in [-0.2, 0) is 0 Å². The molecule has 4 aliphatic heterocycles. The van der Waals surface area contributed by atoms with E-state index >= 15 is 0 Å². The summed E-state index contributed by atoms with van der Waals surface area (Å²) in [6.07, 6.45) is 0. The van der Waals surface area contributed by atoms with E-state index < -0.39 is 0 Å². The molecule has 0 radical (unpaired) electrons. The fraction of sp³-hybridized carbons (Fsp3) is 0. The van der Waals surface area contributed by atoms with E-state index in [0.29, 0.717) is 0 Å². The SMILES string of the molecule is c1cc2c3c(c1)-n1c4ccccc4c4cccc(c41)B3c1cc3c(cc1O2)Oc1cccc2c1B3c1cccc3c4c5c(ccc4n-2c13)oc1ccccc15. The lowest BCUT2D eigenvalue weighted by molar-refractivity contribution is 0.465. The van der Waals surface area contributed by atoms with Crippen molar-refractivity contribution in [2.45, 2.75) is 0 Å². The molecule has 3 aromatic heterocycles. The van der Waals surface area contributed by atoms with Crippen LogP contribution in [0.25, 0.3) is 76.9 Å². The molecule has 55 heavy (non-hydrogen) atoms. The van der Waals surface area contributed by atoms with Crippen LogP contribution in [0.1, 0.15) is 0 Å². The highest BCUT2D eigenvalue weighted by Gasteiger charge is 2.45. The van der Waals surface area contributed by atoms with Gasteiger partial charge in [-0.25, -0.2) is 0 Å². The van der Waals surface area contributed by atoms with Crippen molar-refractivity contribution in [3.8, 4) is 34.4 Å². The second-order valence-electron chi connectivity index (χ2n) is 15.5. The molecule has 0 unspecified atom stereocenters. The molecule has 8 aromatic carbocycles. The van der Waals surface area contributed by atoms with Gasteiger partial charge >= 0.3 is 0 Å². The maximum Gasteiger partial charge on any atom is 0.256 e. The van der Waals surface area contributed by atoms with Crippen LogP contribution in [0.5, 0.6) is 23.0 Å². The Morgan fingerprint density at radius 3 is 1.73 bits per heavy atom. The van der Waals surface area contributed by atoms with Crippen molar-refractivity contribution >= 4 is 112 Å². The third-order valence-corrected chi connectivity index (χ3v) is 13.0. The van der Waals surface area contributed by atoms with Gasteiger partial charge < -0.3 is 23.0 Å². The van der Waals surface area contributed by atoms with Crippen molar-refractivity contribution in [1.29, 1.82) is 0 Å². The highest BCUT2D eigenvalue weighted by Crippen LogP contribution is 2.44. The second-order valence-corrected chi connectivity index (χ2v) is 15.5. The maximum absolute atomic E-state index is 6.94. The van der Waals surface area contributed by atoms with Crippen molar-refractivity contribution in [3.05, 3.63) is 146 Å². The van der Waals surface area contributed by atoms with Crippen LogP contribution in [-0.4, -0.2) is 22.6 Å². The predicted octanol–water partition coefficient (Wildman–Crippen LogP) is 7.65. The molecule has 0 atom stereocenters. The third-order valence-electron chi connectivity index (χ3n) is 13.0. The predicted molar refractivity (Wildman–Crippen MR) is 225 cm³/mol. The smallest absolute Gasteiger partial charge is 0.256 e. The van der Waals surface area contributed by atoms with Crippen LogP contribution in [0, 0.1) is 0 Å². The zero-order valence-corrected chi connectivity index (χ0v) is 29.1. The summed E-state index contributed by atoms with van der Waals surface area (Å²) < 4.78 is 25.2. The minimum atomic E-state index is -0.0279. The van der Waals surface area contributed by atoms with E-state index in [-0.39, 0.29) is 13.4 Å². The molecule has 0 saturated heterocycles. The Morgan fingerprint density at radius 2 is 0.982 bits per heavy atom. The maximum atomic E-state index is 6.94. The first-order valence-electron chi connectivity index (χ1n) is 19.0. The van der Waals surface area contributed by atoms with Crippen LogP contribution in [0.3, 0.4) is 0 Å². The molecule has 11 aromatic rings. The number of fused-ring (bicyclic) bond motifs is 18. The molecule has 0 N–H and O–H groups in total. The number of aromatic nitrogens is 2. The van der Waals surface area contributed by atoms with E-state index in [1.165, 1.54) is 87.5 Å². The minimum absolute atomic E-state index is 0.00545. The summed E-state index contributed by atoms with van der Waals surface area (Å²) in [7, 11) is 0. The first-order chi connectivity index (χ1) is 27.3. The van der Waals surface area contributed by atoms with Crippen molar-refractivity contribution in [2.24, 2.45) is 0 Å². The highest BCUT2D eigenvalue weighted by atomic mass is 16.5. The lowest BCUT2D eigenvalue weighted by Gasteiger charge is -2.36. The van der Waals surface area contributed by atoms with Crippen LogP contribution in [0.2, 0.25) is 0 Å². The minimum Gasteiger partial charge on any atom is -0.458 e. The average Bonchev–Trinajstić information content (AvgIpc) is 3.89. The number of ether oxygens (including phenoxy) is 2. The summed E-state index contributed by atoms with van der Waals surface area (Å²) in [5, 5.41) is 7.32. The lowest BCUT2D eigenvalue weighted by atomic mass is 9.31. The summed E-state index contributed by atoms with van der Waals surface area (Å²) in [5.41, 5.74) is 16.4. The monoisotopic (exact) mass is 698 g/mol.